The van der Waals surface area contributed by atoms with Crippen LogP contribution in [-0.2, 0) is 18.4 Å². The first-order valence-corrected chi connectivity index (χ1v) is 27.0. The molecule has 59 heavy (non-hydrogen) atoms. The number of rotatable bonds is 47. The van der Waals surface area contributed by atoms with Crippen molar-refractivity contribution in [1.29, 1.82) is 0 Å². The SMILES string of the molecule is CCCCCCCC/C=C/CCCCCCCCCCCCCCCC(=O)N[C@@H](COP(=O)([O-])OCC[N+](C)(C)C)[C@H](O)CCCCCCCCCCCCCCCC. The molecular weight excluding hydrogens is 756 g/mol. The van der Waals surface area contributed by atoms with Crippen LogP contribution in [0, 0.1) is 0 Å². The van der Waals surface area contributed by atoms with Gasteiger partial charge in [-0.05, 0) is 38.5 Å². The molecule has 0 radical (unpaired) electrons. The van der Waals surface area contributed by atoms with Gasteiger partial charge in [-0.2, -0.15) is 0 Å². The number of hydrogen-bond acceptors (Lipinski definition) is 6. The monoisotopic (exact) mass is 857 g/mol. The standard InChI is InChI=1S/C50H101N2O6P/c1-6-8-10-12-14-16-18-20-22-23-24-25-26-27-28-29-30-32-34-36-38-40-42-44-50(54)51-48(47-58-59(55,56)57-46-45-52(3,4)5)49(53)43-41-39-37-35-33-31-21-19-17-15-13-11-9-7-2/h20,22,48-49,53H,6-19,21,23-47H2,1-5H3,(H-,51,54,55,56)/b22-20+/t48-,49+/m0/s1. The van der Waals surface area contributed by atoms with E-state index in [1.54, 1.807) is 0 Å². The number of carbonyl (C=O) groups is 1. The number of aliphatic hydroxyl groups excluding tert-OH is 1. The van der Waals surface area contributed by atoms with Crippen molar-refractivity contribution in [3.63, 3.8) is 0 Å². The Hall–Kier alpha value is -0.760. The third-order valence-corrected chi connectivity index (χ3v) is 12.7. The molecule has 0 saturated carbocycles. The lowest BCUT2D eigenvalue weighted by Gasteiger charge is -2.30. The predicted octanol–water partition coefficient (Wildman–Crippen LogP) is 14.1. The molecule has 0 aromatic rings. The van der Waals surface area contributed by atoms with Crippen LogP contribution in [0.5, 0.6) is 0 Å². The molecule has 9 heteroatoms. The molecule has 3 atom stereocenters. The molecule has 0 aliphatic carbocycles. The molecule has 2 N–H and O–H groups in total. The predicted molar refractivity (Wildman–Crippen MR) is 252 cm³/mol. The molecule has 0 aromatic carbocycles. The van der Waals surface area contributed by atoms with Crippen LogP contribution in [-0.4, -0.2) is 68.5 Å². The molecule has 0 heterocycles. The molecular formula is C50H101N2O6P. The Kier molecular flexibility index (Phi) is 42.0. The van der Waals surface area contributed by atoms with E-state index in [1.165, 1.54) is 186 Å². The first kappa shape index (κ1) is 58.2. The van der Waals surface area contributed by atoms with Crippen molar-refractivity contribution in [2.24, 2.45) is 0 Å². The summed E-state index contributed by atoms with van der Waals surface area (Å²) in [4.78, 5) is 25.4. The lowest BCUT2D eigenvalue weighted by molar-refractivity contribution is -0.870. The number of aliphatic hydroxyl groups is 1. The van der Waals surface area contributed by atoms with Gasteiger partial charge in [-0.1, -0.05) is 219 Å². The van der Waals surface area contributed by atoms with E-state index < -0.39 is 20.0 Å². The zero-order valence-electron chi connectivity index (χ0n) is 40.0. The molecule has 0 bridgehead atoms. The number of allylic oxidation sites excluding steroid dienone is 2. The van der Waals surface area contributed by atoms with E-state index in [4.69, 9.17) is 9.05 Å². The third-order valence-electron chi connectivity index (χ3n) is 11.8. The van der Waals surface area contributed by atoms with Crippen LogP contribution in [0.1, 0.15) is 251 Å². The maximum atomic E-state index is 12.9. The topological polar surface area (TPSA) is 108 Å². The molecule has 0 aromatic heterocycles. The molecule has 0 aliphatic heterocycles. The Bertz CT molecular complexity index is 974. The average molecular weight is 857 g/mol. The Balaban J connectivity index is 4.18. The normalized spacial score (nSPS) is 14.2. The van der Waals surface area contributed by atoms with Crippen LogP contribution in [0.4, 0.5) is 0 Å². The van der Waals surface area contributed by atoms with Crippen LogP contribution in [0.2, 0.25) is 0 Å². The van der Waals surface area contributed by atoms with Gasteiger partial charge in [0.25, 0.3) is 7.82 Å². The van der Waals surface area contributed by atoms with E-state index in [0.29, 0.717) is 23.9 Å². The highest BCUT2D eigenvalue weighted by atomic mass is 31.2. The Morgan fingerprint density at radius 1 is 0.576 bits per heavy atom. The smallest absolute Gasteiger partial charge is 0.268 e. The summed E-state index contributed by atoms with van der Waals surface area (Å²) in [6, 6.07) is -0.796. The number of quaternary nitrogens is 1. The second-order valence-corrected chi connectivity index (χ2v) is 20.3. The molecule has 8 nitrogen and oxygen atoms in total. The molecule has 0 rings (SSSR count). The fourth-order valence-electron chi connectivity index (χ4n) is 7.68. The summed E-state index contributed by atoms with van der Waals surface area (Å²) >= 11 is 0. The van der Waals surface area contributed by atoms with Gasteiger partial charge in [0.2, 0.25) is 5.91 Å². The van der Waals surface area contributed by atoms with Crippen molar-refractivity contribution < 1.29 is 32.9 Å². The average Bonchev–Trinajstić information content (AvgIpc) is 3.19. The number of amides is 1. The van der Waals surface area contributed by atoms with Gasteiger partial charge >= 0.3 is 0 Å². The van der Waals surface area contributed by atoms with E-state index >= 15 is 0 Å². The fourth-order valence-corrected chi connectivity index (χ4v) is 8.41. The number of carbonyl (C=O) groups excluding carboxylic acids is 1. The molecule has 0 spiro atoms. The number of phosphoric ester groups is 1. The zero-order valence-corrected chi connectivity index (χ0v) is 40.9. The van der Waals surface area contributed by atoms with Gasteiger partial charge in [0.05, 0.1) is 39.9 Å². The van der Waals surface area contributed by atoms with Crippen LogP contribution in [0.25, 0.3) is 0 Å². The summed E-state index contributed by atoms with van der Waals surface area (Å²) in [5, 5.41) is 14.0. The maximum absolute atomic E-state index is 12.9. The molecule has 352 valence electrons. The van der Waals surface area contributed by atoms with Gasteiger partial charge < -0.3 is 28.8 Å². The largest absolute Gasteiger partial charge is 0.756 e. The van der Waals surface area contributed by atoms with Crippen molar-refractivity contribution in [2.45, 2.75) is 264 Å². The molecule has 0 aliphatic rings. The fraction of sp³-hybridized carbons (Fsp3) is 0.940. The van der Waals surface area contributed by atoms with Crippen molar-refractivity contribution >= 4 is 13.7 Å². The van der Waals surface area contributed by atoms with Crippen LogP contribution in [0.15, 0.2) is 12.2 Å². The molecule has 1 amide bonds. The van der Waals surface area contributed by atoms with Crippen molar-refractivity contribution in [3.8, 4) is 0 Å². The summed E-state index contributed by atoms with van der Waals surface area (Å²) < 4.78 is 23.3. The van der Waals surface area contributed by atoms with Crippen LogP contribution >= 0.6 is 7.82 Å². The molecule has 0 saturated heterocycles. The minimum absolute atomic E-state index is 0.0146. The van der Waals surface area contributed by atoms with E-state index in [2.05, 4.69) is 31.3 Å². The Labute approximate surface area is 367 Å². The van der Waals surface area contributed by atoms with Crippen LogP contribution < -0.4 is 10.2 Å². The van der Waals surface area contributed by atoms with Gasteiger partial charge in [0.1, 0.15) is 13.2 Å². The Morgan fingerprint density at radius 3 is 1.32 bits per heavy atom. The minimum Gasteiger partial charge on any atom is -0.756 e. The summed E-state index contributed by atoms with van der Waals surface area (Å²) in [5.41, 5.74) is 0. The van der Waals surface area contributed by atoms with Gasteiger partial charge in [0.15, 0.2) is 0 Å². The summed E-state index contributed by atoms with van der Waals surface area (Å²) in [7, 11) is 1.31. The lowest BCUT2D eigenvalue weighted by atomic mass is 10.0. The number of likely N-dealkylation sites (N-methyl/N-ethyl adjacent to an activating group) is 1. The number of nitrogens with one attached hydrogen (secondary N) is 1. The summed E-state index contributed by atoms with van der Waals surface area (Å²) in [6.07, 6.45) is 49.3. The van der Waals surface area contributed by atoms with Crippen molar-refractivity contribution in [1.82, 2.24) is 5.32 Å². The number of unbranched alkanes of at least 4 members (excludes halogenated alkanes) is 32. The molecule has 1 unspecified atom stereocenters. The summed E-state index contributed by atoms with van der Waals surface area (Å²) in [5.74, 6) is -0.162. The lowest BCUT2D eigenvalue weighted by Crippen LogP contribution is -2.46. The third kappa shape index (κ3) is 45.1. The second kappa shape index (κ2) is 42.5. The van der Waals surface area contributed by atoms with Crippen molar-refractivity contribution in [2.75, 3.05) is 40.9 Å². The van der Waals surface area contributed by atoms with E-state index in [1.807, 2.05) is 21.1 Å². The first-order chi connectivity index (χ1) is 28.5. The van der Waals surface area contributed by atoms with E-state index in [9.17, 15) is 19.4 Å². The highest BCUT2D eigenvalue weighted by Crippen LogP contribution is 2.38. The van der Waals surface area contributed by atoms with E-state index in [0.717, 1.165) is 38.5 Å². The Morgan fingerprint density at radius 2 is 0.932 bits per heavy atom. The van der Waals surface area contributed by atoms with E-state index in [-0.39, 0.29) is 19.1 Å². The van der Waals surface area contributed by atoms with Gasteiger partial charge in [0, 0.05) is 6.42 Å². The van der Waals surface area contributed by atoms with Crippen molar-refractivity contribution in [3.05, 3.63) is 12.2 Å². The number of phosphoric acid groups is 1. The number of nitrogens with zero attached hydrogens (tertiary/aromatic N) is 1. The van der Waals surface area contributed by atoms with Crippen LogP contribution in [0.3, 0.4) is 0 Å². The maximum Gasteiger partial charge on any atom is 0.268 e. The minimum atomic E-state index is -4.56. The van der Waals surface area contributed by atoms with Gasteiger partial charge in [-0.25, -0.2) is 0 Å². The quantitative estimate of drug-likeness (QED) is 0.0273. The van der Waals surface area contributed by atoms with Gasteiger partial charge in [-0.3, -0.25) is 9.36 Å². The highest BCUT2D eigenvalue weighted by Gasteiger charge is 2.24. The molecule has 0 fully saturated rings. The summed E-state index contributed by atoms with van der Waals surface area (Å²) in [6.45, 7) is 4.74. The highest BCUT2D eigenvalue weighted by molar-refractivity contribution is 7.45. The first-order valence-electron chi connectivity index (χ1n) is 25.5. The second-order valence-electron chi connectivity index (χ2n) is 18.9. The zero-order chi connectivity index (χ0) is 43.6. The number of hydrogen-bond donors (Lipinski definition) is 2. The van der Waals surface area contributed by atoms with Gasteiger partial charge in [-0.15, -0.1) is 0 Å².